The van der Waals surface area contributed by atoms with Gasteiger partial charge in [0.25, 0.3) is 0 Å². The maximum Gasteiger partial charge on any atom is 0.347 e. The van der Waals surface area contributed by atoms with Crippen molar-refractivity contribution in [1.29, 1.82) is 0 Å². The van der Waals surface area contributed by atoms with Gasteiger partial charge in [0.1, 0.15) is 21.2 Å². The number of aromatic nitrogens is 1. The standard InChI is InChI=1S/C21H11NO3S2/c23-19-13-8-4-5-9-15(13)25-21(24)14(19)10-18-22-20-17(26-18)11-16(27-20)12-6-2-1-3-7-12/h1-11H/b14-10-. The molecular weight excluding hydrogens is 378 g/mol. The number of thiazole rings is 1. The van der Waals surface area contributed by atoms with Crippen LogP contribution < -0.4 is 4.74 Å². The number of benzene rings is 2. The van der Waals surface area contributed by atoms with E-state index < -0.39 is 5.97 Å². The van der Waals surface area contributed by atoms with Crippen molar-refractivity contribution < 1.29 is 14.3 Å². The number of fused-ring (bicyclic) bond motifs is 2. The fourth-order valence-electron chi connectivity index (χ4n) is 2.94. The Kier molecular flexibility index (Phi) is 3.74. The molecule has 0 aliphatic carbocycles. The van der Waals surface area contributed by atoms with Crippen molar-refractivity contribution in [3.05, 3.63) is 76.8 Å². The molecule has 2 aromatic carbocycles. The molecule has 0 unspecified atom stereocenters. The highest BCUT2D eigenvalue weighted by Gasteiger charge is 2.30. The molecule has 1 aliphatic rings. The molecule has 4 aromatic rings. The SMILES string of the molecule is O=C1Oc2ccccc2C(=O)/C1=C/c1nc2sc(-c3ccccc3)cc2s1. The summed E-state index contributed by atoms with van der Waals surface area (Å²) >= 11 is 3.05. The van der Waals surface area contributed by atoms with Crippen LogP contribution in [-0.2, 0) is 4.79 Å². The Morgan fingerprint density at radius 3 is 2.52 bits per heavy atom. The van der Waals surface area contributed by atoms with Crippen LogP contribution in [0.15, 0.2) is 66.2 Å². The van der Waals surface area contributed by atoms with Crippen LogP contribution in [0.3, 0.4) is 0 Å². The summed E-state index contributed by atoms with van der Waals surface area (Å²) in [7, 11) is 0. The average Bonchev–Trinajstić information content (AvgIpc) is 3.24. The zero-order valence-electron chi connectivity index (χ0n) is 13.8. The summed E-state index contributed by atoms with van der Waals surface area (Å²) < 4.78 is 6.30. The van der Waals surface area contributed by atoms with Gasteiger partial charge in [-0.25, -0.2) is 9.78 Å². The Labute approximate surface area is 162 Å². The summed E-state index contributed by atoms with van der Waals surface area (Å²) in [5.41, 5.74) is 1.56. The van der Waals surface area contributed by atoms with E-state index >= 15 is 0 Å². The molecule has 6 heteroatoms. The lowest BCUT2D eigenvalue weighted by Crippen LogP contribution is -2.24. The molecule has 0 atom stereocenters. The van der Waals surface area contributed by atoms with E-state index in [2.05, 4.69) is 23.2 Å². The van der Waals surface area contributed by atoms with Gasteiger partial charge in [-0.15, -0.1) is 22.7 Å². The van der Waals surface area contributed by atoms with Gasteiger partial charge < -0.3 is 4.74 Å². The first-order valence-corrected chi connectivity index (χ1v) is 9.86. The van der Waals surface area contributed by atoms with Crippen LogP contribution in [0.5, 0.6) is 5.75 Å². The van der Waals surface area contributed by atoms with E-state index in [1.165, 1.54) is 17.4 Å². The first-order chi connectivity index (χ1) is 13.2. The number of Topliss-reactive ketones (excluding diaryl/α,β-unsaturated/α-hetero) is 1. The number of thiophene rings is 1. The van der Waals surface area contributed by atoms with Crippen LogP contribution >= 0.6 is 22.7 Å². The minimum Gasteiger partial charge on any atom is -0.422 e. The number of nitrogens with zero attached hydrogens (tertiary/aromatic N) is 1. The number of ketones is 1. The summed E-state index contributed by atoms with van der Waals surface area (Å²) in [5.74, 6) is -0.662. The van der Waals surface area contributed by atoms with Crippen LogP contribution in [0.25, 0.3) is 26.0 Å². The first-order valence-electron chi connectivity index (χ1n) is 8.22. The van der Waals surface area contributed by atoms with Gasteiger partial charge in [-0.1, -0.05) is 42.5 Å². The number of hydrogen-bond donors (Lipinski definition) is 0. The van der Waals surface area contributed by atoms with Crippen LogP contribution in [0.4, 0.5) is 0 Å². The van der Waals surface area contributed by atoms with Gasteiger partial charge in [0.05, 0.1) is 10.3 Å². The van der Waals surface area contributed by atoms with Crippen LogP contribution in [0.1, 0.15) is 15.4 Å². The summed E-state index contributed by atoms with van der Waals surface area (Å²) in [6.07, 6.45) is 1.53. The smallest absolute Gasteiger partial charge is 0.347 e. The van der Waals surface area contributed by atoms with E-state index in [-0.39, 0.29) is 11.4 Å². The second-order valence-corrected chi connectivity index (χ2v) is 8.06. The quantitative estimate of drug-likeness (QED) is 0.204. The van der Waals surface area contributed by atoms with Gasteiger partial charge in [-0.2, -0.15) is 0 Å². The van der Waals surface area contributed by atoms with Crippen LogP contribution in [0, 0.1) is 0 Å². The van der Waals surface area contributed by atoms with Gasteiger partial charge in [0.2, 0.25) is 5.78 Å². The summed E-state index contributed by atoms with van der Waals surface area (Å²) in [5, 5.41) is 0.621. The molecule has 0 radical (unpaired) electrons. The van der Waals surface area contributed by atoms with E-state index in [4.69, 9.17) is 4.74 Å². The second kappa shape index (κ2) is 6.26. The highest BCUT2D eigenvalue weighted by atomic mass is 32.1. The number of carbonyl (C=O) groups excluding carboxylic acids is 2. The van der Waals surface area contributed by atoms with Crippen LogP contribution in [0.2, 0.25) is 0 Å². The van der Waals surface area contributed by atoms with Crippen molar-refractivity contribution in [2.24, 2.45) is 0 Å². The van der Waals surface area contributed by atoms with E-state index in [0.717, 1.165) is 20.0 Å². The number of esters is 1. The lowest BCUT2D eigenvalue weighted by Gasteiger charge is -2.15. The molecule has 4 nitrogen and oxygen atoms in total. The normalized spacial score (nSPS) is 15.2. The zero-order valence-corrected chi connectivity index (χ0v) is 15.5. The maximum atomic E-state index is 12.6. The molecule has 0 bridgehead atoms. The predicted octanol–water partition coefficient (Wildman–Crippen LogP) is 5.21. The van der Waals surface area contributed by atoms with Gasteiger partial charge in [-0.3, -0.25) is 4.79 Å². The minimum atomic E-state index is -0.637. The molecule has 130 valence electrons. The maximum absolute atomic E-state index is 12.6. The van der Waals surface area contributed by atoms with E-state index in [1.54, 1.807) is 35.6 Å². The molecule has 0 N–H and O–H groups in total. The summed E-state index contributed by atoms with van der Waals surface area (Å²) in [4.78, 5) is 31.5. The first kappa shape index (κ1) is 16.1. The topological polar surface area (TPSA) is 56.3 Å². The highest BCUT2D eigenvalue weighted by molar-refractivity contribution is 7.29. The van der Waals surface area contributed by atoms with Crippen molar-refractivity contribution in [3.8, 4) is 16.2 Å². The van der Waals surface area contributed by atoms with Gasteiger partial charge in [0, 0.05) is 4.88 Å². The number of para-hydroxylation sites is 1. The van der Waals surface area contributed by atoms with Gasteiger partial charge >= 0.3 is 5.97 Å². The molecule has 0 saturated carbocycles. The molecule has 3 heterocycles. The number of ether oxygens (including phenoxy) is 1. The lowest BCUT2D eigenvalue weighted by molar-refractivity contribution is -0.130. The Hall–Kier alpha value is -3.09. The van der Waals surface area contributed by atoms with Gasteiger partial charge in [-0.05, 0) is 29.8 Å². The van der Waals surface area contributed by atoms with Crippen molar-refractivity contribution in [2.45, 2.75) is 0 Å². The third kappa shape index (κ3) is 2.79. The molecular formula is C21H11NO3S2. The molecule has 0 spiro atoms. The van der Waals surface area contributed by atoms with E-state index in [9.17, 15) is 9.59 Å². The Balaban J connectivity index is 1.52. The number of hydrogen-bond acceptors (Lipinski definition) is 6. The van der Waals surface area contributed by atoms with Crippen molar-refractivity contribution in [1.82, 2.24) is 4.98 Å². The fourth-order valence-corrected chi connectivity index (χ4v) is 5.12. The Morgan fingerprint density at radius 1 is 0.926 bits per heavy atom. The number of carbonyl (C=O) groups is 2. The highest BCUT2D eigenvalue weighted by Crippen LogP contribution is 2.37. The van der Waals surface area contributed by atoms with Crippen LogP contribution in [-0.4, -0.2) is 16.7 Å². The Bertz CT molecular complexity index is 1200. The Morgan fingerprint density at radius 2 is 1.70 bits per heavy atom. The molecule has 0 amide bonds. The fraction of sp³-hybridized carbons (Fsp3) is 0. The van der Waals surface area contributed by atoms with E-state index in [0.29, 0.717) is 16.3 Å². The van der Waals surface area contributed by atoms with Gasteiger partial charge in [0.15, 0.2) is 0 Å². The zero-order chi connectivity index (χ0) is 18.4. The third-order valence-electron chi connectivity index (χ3n) is 4.23. The summed E-state index contributed by atoms with van der Waals surface area (Å²) in [6.45, 7) is 0. The second-order valence-electron chi connectivity index (χ2n) is 5.97. The van der Waals surface area contributed by atoms with Crippen molar-refractivity contribution in [3.63, 3.8) is 0 Å². The average molecular weight is 389 g/mol. The van der Waals surface area contributed by atoms with E-state index in [1.807, 2.05) is 18.2 Å². The summed E-state index contributed by atoms with van der Waals surface area (Å²) in [6, 6.07) is 19.0. The molecule has 0 saturated heterocycles. The largest absolute Gasteiger partial charge is 0.422 e. The molecule has 5 rings (SSSR count). The third-order valence-corrected chi connectivity index (χ3v) is 6.39. The molecule has 1 aliphatic heterocycles. The molecule has 0 fully saturated rings. The number of rotatable bonds is 2. The molecule has 2 aromatic heterocycles. The molecule has 27 heavy (non-hydrogen) atoms. The monoisotopic (exact) mass is 389 g/mol. The predicted molar refractivity (Wildman–Crippen MR) is 107 cm³/mol. The van der Waals surface area contributed by atoms with Crippen molar-refractivity contribution in [2.75, 3.05) is 0 Å². The lowest BCUT2D eigenvalue weighted by atomic mass is 10.00. The van der Waals surface area contributed by atoms with Crippen molar-refractivity contribution >= 4 is 50.0 Å². The minimum absolute atomic E-state index is 0.0124.